The van der Waals surface area contributed by atoms with E-state index in [1.165, 1.54) is 0 Å². The highest BCUT2D eigenvalue weighted by Crippen LogP contribution is 2.23. The third kappa shape index (κ3) is 7.99. The van der Waals surface area contributed by atoms with Crippen molar-refractivity contribution in [3.8, 4) is 22.9 Å². The molecule has 11 heteroatoms. The van der Waals surface area contributed by atoms with E-state index < -0.39 is 5.91 Å². The summed E-state index contributed by atoms with van der Waals surface area (Å²) in [5, 5.41) is 7.53. The average Bonchev–Trinajstić information content (AvgIpc) is 3.81. The number of hydrogen-bond donors (Lipinski definition) is 2. The van der Waals surface area contributed by atoms with Crippen LogP contribution in [0.1, 0.15) is 44.7 Å². The first kappa shape index (κ1) is 33.9. The van der Waals surface area contributed by atoms with E-state index in [2.05, 4.69) is 51.0 Å². The molecule has 0 saturated carbocycles. The Morgan fingerprint density at radius 1 is 0.760 bits per heavy atom. The molecule has 0 spiro atoms. The molecule has 2 amide bonds. The number of nitrogens with one attached hydrogen (secondary N) is 2. The lowest BCUT2D eigenvalue weighted by Crippen LogP contribution is -2.20. The van der Waals surface area contributed by atoms with Gasteiger partial charge in [0.2, 0.25) is 0 Å². The maximum atomic E-state index is 12.7. The smallest absolute Gasteiger partial charge is 0.307 e. The summed E-state index contributed by atoms with van der Waals surface area (Å²) in [6, 6.07) is 31.6. The van der Waals surface area contributed by atoms with E-state index in [1.807, 2.05) is 68.4 Å². The highest BCUT2D eigenvalue weighted by atomic mass is 35.5. The maximum Gasteiger partial charge on any atom is 0.307 e. The molecule has 6 aromatic rings. The number of anilines is 1. The molecule has 0 atom stereocenters. The normalized spacial score (nSPS) is 11.1. The van der Waals surface area contributed by atoms with Gasteiger partial charge in [-0.2, -0.15) is 5.10 Å². The number of rotatable bonds is 12. The Morgan fingerprint density at radius 3 is 2.04 bits per heavy atom. The Kier molecular flexibility index (Phi) is 10.2. The van der Waals surface area contributed by atoms with Gasteiger partial charge in [0.05, 0.1) is 6.21 Å². The summed E-state index contributed by atoms with van der Waals surface area (Å²) < 4.78 is 21.5. The van der Waals surface area contributed by atoms with Crippen LogP contribution in [0.25, 0.3) is 11.4 Å². The van der Waals surface area contributed by atoms with E-state index >= 15 is 0 Å². The lowest BCUT2D eigenvalue weighted by atomic mass is 10.2. The molecule has 0 fully saturated rings. The molecule has 3 aromatic carbocycles. The predicted octanol–water partition coefficient (Wildman–Crippen LogP) is 8.11. The second-order valence-electron chi connectivity index (χ2n) is 11.7. The fraction of sp³-hybridized carbons (Fsp3) is 0.154. The number of aromatic nitrogens is 2. The predicted molar refractivity (Wildman–Crippen MR) is 194 cm³/mol. The number of carbonyl (C=O) groups is 2. The number of furan rings is 1. The molecule has 3 aromatic heterocycles. The first-order chi connectivity index (χ1) is 24.1. The Hall–Kier alpha value is -6.00. The first-order valence-corrected chi connectivity index (χ1v) is 16.3. The lowest BCUT2D eigenvalue weighted by molar-refractivity contribution is -0.118. The number of nitrogens with zero attached hydrogens (tertiary/aromatic N) is 3. The summed E-state index contributed by atoms with van der Waals surface area (Å²) in [6.45, 7) is 8.14. The van der Waals surface area contributed by atoms with Crippen molar-refractivity contribution in [1.82, 2.24) is 14.6 Å². The minimum atomic E-state index is -0.472. The van der Waals surface area contributed by atoms with Gasteiger partial charge in [0, 0.05) is 50.4 Å². The second kappa shape index (κ2) is 15.0. The minimum Gasteiger partial charge on any atom is -0.486 e. The molecule has 3 heterocycles. The van der Waals surface area contributed by atoms with Crippen LogP contribution in [0.5, 0.6) is 11.5 Å². The van der Waals surface area contributed by atoms with Gasteiger partial charge in [-0.3, -0.25) is 9.59 Å². The summed E-state index contributed by atoms with van der Waals surface area (Å²) in [5.41, 5.74) is 10.2. The van der Waals surface area contributed by atoms with E-state index in [9.17, 15) is 9.59 Å². The number of halogens is 1. The molecule has 2 N–H and O–H groups in total. The Balaban J connectivity index is 0.994. The molecule has 0 radical (unpaired) electrons. The van der Waals surface area contributed by atoms with Crippen molar-refractivity contribution in [1.29, 1.82) is 0 Å². The first-order valence-electron chi connectivity index (χ1n) is 15.9. The Morgan fingerprint density at radius 2 is 1.38 bits per heavy atom. The van der Waals surface area contributed by atoms with Crippen LogP contribution < -0.4 is 20.2 Å². The number of carbonyl (C=O) groups excluding carboxylic acids is 2. The molecule has 10 nitrogen and oxygen atoms in total. The van der Waals surface area contributed by atoms with Crippen LogP contribution in [-0.4, -0.2) is 33.8 Å². The molecule has 0 unspecified atom stereocenters. The van der Waals surface area contributed by atoms with Gasteiger partial charge in [0.15, 0.2) is 12.4 Å². The average molecular weight is 690 g/mol. The zero-order valence-electron chi connectivity index (χ0n) is 28.1. The SMILES string of the molecule is Cc1ccc(C)n1-c1ccc(OCc2ccc(C(=O)N/N=C/c3cc(C)n(-c4ccc(OCC(=O)Nc5ccc(Cl)cc5)cc4)c3C)o2)cc1. The number of hydrogen-bond acceptors (Lipinski definition) is 6. The minimum absolute atomic E-state index is 0.130. The fourth-order valence-corrected chi connectivity index (χ4v) is 5.73. The molecule has 0 aliphatic heterocycles. The van der Waals surface area contributed by atoms with Gasteiger partial charge >= 0.3 is 5.91 Å². The van der Waals surface area contributed by atoms with Crippen LogP contribution in [0, 0.1) is 27.7 Å². The topological polar surface area (TPSA) is 112 Å². The van der Waals surface area contributed by atoms with Gasteiger partial charge in [-0.1, -0.05) is 11.6 Å². The molecule has 0 aliphatic carbocycles. The molecule has 254 valence electrons. The van der Waals surface area contributed by atoms with E-state index in [0.717, 1.165) is 39.7 Å². The van der Waals surface area contributed by atoms with Crippen molar-refractivity contribution in [2.75, 3.05) is 11.9 Å². The lowest BCUT2D eigenvalue weighted by Gasteiger charge is -2.11. The summed E-state index contributed by atoms with van der Waals surface area (Å²) in [4.78, 5) is 25.0. The van der Waals surface area contributed by atoms with Gasteiger partial charge in [-0.25, -0.2) is 5.43 Å². The van der Waals surface area contributed by atoms with Crippen LogP contribution in [0.4, 0.5) is 5.69 Å². The van der Waals surface area contributed by atoms with E-state index in [0.29, 0.717) is 28.0 Å². The highest BCUT2D eigenvalue weighted by Gasteiger charge is 2.13. The molecule has 0 aliphatic rings. The quantitative estimate of drug-likeness (QED) is 0.0996. The number of amides is 2. The zero-order chi connectivity index (χ0) is 35.2. The van der Waals surface area contributed by atoms with Crippen molar-refractivity contribution in [3.63, 3.8) is 0 Å². The van der Waals surface area contributed by atoms with Crippen LogP contribution >= 0.6 is 11.6 Å². The number of benzene rings is 3. The van der Waals surface area contributed by atoms with Crippen LogP contribution in [0.15, 0.2) is 113 Å². The van der Waals surface area contributed by atoms with E-state index in [-0.39, 0.29) is 24.9 Å². The van der Waals surface area contributed by atoms with Crippen molar-refractivity contribution in [2.45, 2.75) is 34.3 Å². The Labute approximate surface area is 294 Å². The third-order valence-electron chi connectivity index (χ3n) is 8.07. The van der Waals surface area contributed by atoms with Crippen molar-refractivity contribution >= 4 is 35.3 Å². The van der Waals surface area contributed by atoms with Gasteiger partial charge in [-0.15, -0.1) is 0 Å². The van der Waals surface area contributed by atoms with Crippen LogP contribution in [0.2, 0.25) is 5.02 Å². The van der Waals surface area contributed by atoms with Gasteiger partial charge in [0.25, 0.3) is 5.91 Å². The monoisotopic (exact) mass is 689 g/mol. The Bertz CT molecular complexity index is 2120. The van der Waals surface area contributed by atoms with Gasteiger partial charge in [-0.05, 0) is 131 Å². The van der Waals surface area contributed by atoms with Gasteiger partial charge < -0.3 is 28.3 Å². The van der Waals surface area contributed by atoms with Gasteiger partial charge in [0.1, 0.15) is 23.9 Å². The number of hydrazone groups is 1. The number of aryl methyl sites for hydroxylation is 3. The molecular formula is C39H36ClN5O5. The largest absolute Gasteiger partial charge is 0.486 e. The molecule has 6 rings (SSSR count). The van der Waals surface area contributed by atoms with Crippen LogP contribution in [-0.2, 0) is 11.4 Å². The summed E-state index contributed by atoms with van der Waals surface area (Å²) >= 11 is 5.89. The third-order valence-corrected chi connectivity index (χ3v) is 8.32. The fourth-order valence-electron chi connectivity index (χ4n) is 5.60. The van der Waals surface area contributed by atoms with Crippen LogP contribution in [0.3, 0.4) is 0 Å². The van der Waals surface area contributed by atoms with E-state index in [1.54, 1.807) is 42.6 Å². The molecule has 0 saturated heterocycles. The van der Waals surface area contributed by atoms with Crippen molar-refractivity contribution < 1.29 is 23.5 Å². The molecular weight excluding hydrogens is 654 g/mol. The zero-order valence-corrected chi connectivity index (χ0v) is 28.8. The summed E-state index contributed by atoms with van der Waals surface area (Å²) in [6.07, 6.45) is 1.60. The number of ether oxygens (including phenoxy) is 2. The second-order valence-corrected chi connectivity index (χ2v) is 12.1. The summed E-state index contributed by atoms with van der Waals surface area (Å²) in [5.74, 6) is 1.15. The molecule has 0 bridgehead atoms. The molecule has 50 heavy (non-hydrogen) atoms. The highest BCUT2D eigenvalue weighted by molar-refractivity contribution is 6.30. The van der Waals surface area contributed by atoms with Crippen molar-refractivity contribution in [2.24, 2.45) is 5.10 Å². The standard InChI is InChI=1S/C39H36ClN5O5/c1-25-5-6-26(2)44(25)32-11-15-34(16-12-32)48-23-36-19-20-37(50-36)39(47)43-41-22-29-21-27(3)45(28(29)4)33-13-17-35(18-14-33)49-24-38(46)42-31-9-7-30(40)8-10-31/h5-22H,23-24H2,1-4H3,(H,42,46)(H,43,47)/b41-22+. The van der Waals surface area contributed by atoms with E-state index in [4.69, 9.17) is 25.5 Å². The summed E-state index contributed by atoms with van der Waals surface area (Å²) in [7, 11) is 0. The maximum absolute atomic E-state index is 12.7. The van der Waals surface area contributed by atoms with Crippen molar-refractivity contribution in [3.05, 3.63) is 148 Å².